The number of benzene rings is 1. The third-order valence-corrected chi connectivity index (χ3v) is 5.75. The molecule has 1 amide bonds. The van der Waals surface area contributed by atoms with Crippen molar-refractivity contribution in [3.8, 4) is 11.3 Å². The first-order valence-electron chi connectivity index (χ1n) is 9.44. The lowest BCUT2D eigenvalue weighted by Crippen LogP contribution is -2.38. The van der Waals surface area contributed by atoms with Gasteiger partial charge in [-0.25, -0.2) is 8.42 Å². The van der Waals surface area contributed by atoms with Gasteiger partial charge in [-0.15, -0.1) is 0 Å². The van der Waals surface area contributed by atoms with Gasteiger partial charge in [-0.3, -0.25) is 4.79 Å². The molecule has 3 rings (SSSR count). The van der Waals surface area contributed by atoms with E-state index in [1.165, 1.54) is 0 Å². The summed E-state index contributed by atoms with van der Waals surface area (Å²) >= 11 is 0. The fourth-order valence-corrected chi connectivity index (χ4v) is 4.13. The molecule has 0 fully saturated rings. The molecule has 1 aromatic heterocycles. The van der Waals surface area contributed by atoms with E-state index in [0.717, 1.165) is 36.6 Å². The van der Waals surface area contributed by atoms with Crippen molar-refractivity contribution in [2.45, 2.75) is 32.7 Å². The molecule has 7 heteroatoms. The maximum atomic E-state index is 12.8. The van der Waals surface area contributed by atoms with Crippen LogP contribution in [0, 0.1) is 12.8 Å². The summed E-state index contributed by atoms with van der Waals surface area (Å²) in [6.07, 6.45) is 8.25. The molecule has 0 bridgehead atoms. The Morgan fingerprint density at radius 3 is 2.64 bits per heavy atom. The average Bonchev–Trinajstić information content (AvgIpc) is 3.02. The van der Waals surface area contributed by atoms with Crippen LogP contribution in [0.2, 0.25) is 0 Å². The molecule has 0 saturated carbocycles. The van der Waals surface area contributed by atoms with Crippen molar-refractivity contribution < 1.29 is 17.7 Å². The lowest BCUT2D eigenvalue weighted by atomic mass is 9.93. The summed E-state index contributed by atoms with van der Waals surface area (Å²) in [5.74, 6) is 0.102. The number of aryl methyl sites for hydroxylation is 1. The molecule has 0 spiro atoms. The molecule has 1 atom stereocenters. The quantitative estimate of drug-likeness (QED) is 0.663. The molecule has 0 aliphatic heterocycles. The number of hydrogen-bond donors (Lipinski definition) is 0. The van der Waals surface area contributed by atoms with Crippen molar-refractivity contribution in [2.24, 2.45) is 5.92 Å². The minimum absolute atomic E-state index is 0.286. The largest absolute Gasteiger partial charge is 0.361 e. The van der Waals surface area contributed by atoms with Crippen molar-refractivity contribution in [1.82, 2.24) is 10.1 Å². The van der Waals surface area contributed by atoms with Gasteiger partial charge in [0.15, 0.2) is 9.84 Å². The van der Waals surface area contributed by atoms with Crippen LogP contribution in [-0.4, -0.2) is 42.9 Å². The molecular weight excluding hydrogens is 376 g/mol. The van der Waals surface area contributed by atoms with Gasteiger partial charge < -0.3 is 9.42 Å². The van der Waals surface area contributed by atoms with Gasteiger partial charge in [0.1, 0.15) is 17.2 Å². The number of allylic oxidation sites excluding steroid dienone is 2. The normalized spacial score (nSPS) is 16.9. The Morgan fingerprint density at radius 2 is 2.00 bits per heavy atom. The summed E-state index contributed by atoms with van der Waals surface area (Å²) in [6.45, 7) is 2.63. The predicted molar refractivity (Wildman–Crippen MR) is 108 cm³/mol. The Hall–Kier alpha value is -2.41. The molecular formula is C21H26N2O4S. The van der Waals surface area contributed by atoms with Crippen molar-refractivity contribution in [1.29, 1.82) is 0 Å². The smallest absolute Gasteiger partial charge is 0.238 e. The summed E-state index contributed by atoms with van der Waals surface area (Å²) in [5.41, 5.74) is 2.42. The third-order valence-electron chi connectivity index (χ3n) is 4.98. The summed E-state index contributed by atoms with van der Waals surface area (Å²) in [5, 5.41) is 4.18. The lowest BCUT2D eigenvalue weighted by Gasteiger charge is -2.28. The zero-order chi connectivity index (χ0) is 20.1. The first-order valence-corrected chi connectivity index (χ1v) is 11.5. The van der Waals surface area contributed by atoms with Gasteiger partial charge in [-0.2, -0.15) is 0 Å². The molecule has 0 N–H and O–H groups in total. The van der Waals surface area contributed by atoms with E-state index in [1.54, 1.807) is 4.90 Å². The highest BCUT2D eigenvalue weighted by atomic mass is 32.2. The number of carbonyl (C=O) groups is 1. The van der Waals surface area contributed by atoms with Crippen LogP contribution in [0.1, 0.15) is 30.6 Å². The van der Waals surface area contributed by atoms with Gasteiger partial charge in [-0.05, 0) is 32.1 Å². The molecule has 0 radical (unpaired) electrons. The van der Waals surface area contributed by atoms with Gasteiger partial charge in [0, 0.05) is 23.9 Å². The van der Waals surface area contributed by atoms with Crippen molar-refractivity contribution in [3.05, 3.63) is 53.8 Å². The van der Waals surface area contributed by atoms with Crippen LogP contribution >= 0.6 is 0 Å². The average molecular weight is 403 g/mol. The van der Waals surface area contributed by atoms with Crippen LogP contribution in [0.15, 0.2) is 47.0 Å². The first kappa shape index (κ1) is 20.3. The zero-order valence-corrected chi connectivity index (χ0v) is 17.1. The van der Waals surface area contributed by atoms with Gasteiger partial charge >= 0.3 is 0 Å². The first-order chi connectivity index (χ1) is 13.3. The van der Waals surface area contributed by atoms with Gasteiger partial charge in [-0.1, -0.05) is 47.6 Å². The Bertz CT molecular complexity index is 948. The molecule has 0 saturated heterocycles. The number of rotatable bonds is 7. The van der Waals surface area contributed by atoms with Crippen LogP contribution in [-0.2, 0) is 21.2 Å². The van der Waals surface area contributed by atoms with E-state index in [4.69, 9.17) is 4.52 Å². The molecule has 2 aromatic rings. The maximum absolute atomic E-state index is 12.8. The fourth-order valence-electron chi connectivity index (χ4n) is 3.49. The lowest BCUT2D eigenvalue weighted by molar-refractivity contribution is -0.129. The summed E-state index contributed by atoms with van der Waals surface area (Å²) in [4.78, 5) is 14.4. The highest BCUT2D eigenvalue weighted by Gasteiger charge is 2.26. The summed E-state index contributed by atoms with van der Waals surface area (Å²) in [6, 6.07) is 9.65. The van der Waals surface area contributed by atoms with Crippen LogP contribution in [0.5, 0.6) is 0 Å². The molecule has 150 valence electrons. The van der Waals surface area contributed by atoms with E-state index in [-0.39, 0.29) is 12.5 Å². The predicted octanol–water partition coefficient (Wildman–Crippen LogP) is 3.38. The van der Waals surface area contributed by atoms with Crippen molar-refractivity contribution in [3.63, 3.8) is 0 Å². The molecule has 28 heavy (non-hydrogen) atoms. The van der Waals surface area contributed by atoms with Crippen LogP contribution < -0.4 is 0 Å². The second kappa shape index (κ2) is 8.73. The van der Waals surface area contributed by atoms with E-state index in [1.807, 2.05) is 37.3 Å². The van der Waals surface area contributed by atoms with Gasteiger partial charge in [0.25, 0.3) is 0 Å². The van der Waals surface area contributed by atoms with Gasteiger partial charge in [0.05, 0.1) is 6.54 Å². The zero-order valence-electron chi connectivity index (χ0n) is 16.3. The Balaban J connectivity index is 1.87. The Kier molecular flexibility index (Phi) is 6.34. The molecule has 1 aromatic carbocycles. The highest BCUT2D eigenvalue weighted by Crippen LogP contribution is 2.28. The molecule has 1 aliphatic carbocycles. The molecule has 1 heterocycles. The van der Waals surface area contributed by atoms with Crippen LogP contribution in [0.4, 0.5) is 0 Å². The van der Waals surface area contributed by atoms with Crippen LogP contribution in [0.3, 0.4) is 0 Å². The number of hydrogen-bond acceptors (Lipinski definition) is 5. The molecule has 1 aliphatic rings. The molecule has 0 unspecified atom stereocenters. The van der Waals surface area contributed by atoms with Gasteiger partial charge in [0.2, 0.25) is 5.91 Å². The number of carbonyl (C=O) groups excluding carboxylic acids is 1. The van der Waals surface area contributed by atoms with E-state index >= 15 is 0 Å². The second-order valence-corrected chi connectivity index (χ2v) is 9.57. The summed E-state index contributed by atoms with van der Waals surface area (Å²) < 4.78 is 28.8. The van der Waals surface area contributed by atoms with Crippen LogP contribution in [0.25, 0.3) is 11.3 Å². The number of nitrogens with zero attached hydrogens (tertiary/aromatic N) is 2. The Labute approximate surface area is 166 Å². The number of aromatic nitrogens is 1. The van der Waals surface area contributed by atoms with E-state index in [0.29, 0.717) is 23.9 Å². The summed E-state index contributed by atoms with van der Waals surface area (Å²) in [7, 11) is -3.40. The SMILES string of the molecule is Cc1onc(-c2ccccc2)c1CN(C[C@H]1CC=CCC1)C(=O)CS(C)(=O)=O. The van der Waals surface area contributed by atoms with E-state index < -0.39 is 15.6 Å². The second-order valence-electron chi connectivity index (χ2n) is 7.43. The Morgan fingerprint density at radius 1 is 1.25 bits per heavy atom. The minimum atomic E-state index is -3.40. The highest BCUT2D eigenvalue weighted by molar-refractivity contribution is 7.91. The maximum Gasteiger partial charge on any atom is 0.238 e. The molecule has 6 nitrogen and oxygen atoms in total. The van der Waals surface area contributed by atoms with E-state index in [9.17, 15) is 13.2 Å². The standard InChI is InChI=1S/C21H26N2O4S/c1-16-19(21(22-27-16)18-11-7-4-8-12-18)14-23(20(24)15-28(2,25)26)13-17-9-5-3-6-10-17/h3-5,7-8,11-12,17H,6,9-10,13-15H2,1-2H3/t17-/m0/s1. The van der Waals surface area contributed by atoms with Crippen molar-refractivity contribution in [2.75, 3.05) is 18.6 Å². The topological polar surface area (TPSA) is 80.5 Å². The van der Waals surface area contributed by atoms with Crippen molar-refractivity contribution >= 4 is 15.7 Å². The number of amides is 1. The fraction of sp³-hybridized carbons (Fsp3) is 0.429. The van der Waals surface area contributed by atoms with E-state index in [2.05, 4.69) is 17.3 Å². The monoisotopic (exact) mass is 402 g/mol. The number of sulfone groups is 1. The minimum Gasteiger partial charge on any atom is -0.361 e. The third kappa shape index (κ3) is 5.32.